The van der Waals surface area contributed by atoms with E-state index < -0.39 is 0 Å². The number of hydrogen-bond acceptors (Lipinski definition) is 1. The molecule has 0 saturated heterocycles. The Morgan fingerprint density at radius 3 is 2.93 bits per heavy atom. The third kappa shape index (κ3) is 1.80. The van der Waals surface area contributed by atoms with Crippen molar-refractivity contribution in [1.29, 1.82) is 0 Å². The summed E-state index contributed by atoms with van der Waals surface area (Å²) in [5.74, 6) is 0. The SMILES string of the molecule is CCCc1ccc2c(Br)nccc2c1. The molecular formula is C12H12BrN. The molecule has 0 atom stereocenters. The fourth-order valence-corrected chi connectivity index (χ4v) is 2.11. The predicted octanol–water partition coefficient (Wildman–Crippen LogP) is 3.95. The van der Waals surface area contributed by atoms with Crippen LogP contribution in [0, 0.1) is 0 Å². The van der Waals surface area contributed by atoms with Crippen LogP contribution < -0.4 is 0 Å². The van der Waals surface area contributed by atoms with Crippen LogP contribution in [0.3, 0.4) is 0 Å². The molecule has 0 saturated carbocycles. The summed E-state index contributed by atoms with van der Waals surface area (Å²) in [7, 11) is 0. The van der Waals surface area contributed by atoms with Crippen LogP contribution in [0.5, 0.6) is 0 Å². The first-order valence-corrected chi connectivity index (χ1v) is 5.63. The summed E-state index contributed by atoms with van der Waals surface area (Å²) in [5.41, 5.74) is 1.40. The van der Waals surface area contributed by atoms with Crippen molar-refractivity contribution in [3.05, 3.63) is 40.6 Å². The van der Waals surface area contributed by atoms with Gasteiger partial charge in [-0.1, -0.05) is 31.5 Å². The highest BCUT2D eigenvalue weighted by atomic mass is 79.9. The van der Waals surface area contributed by atoms with E-state index >= 15 is 0 Å². The highest BCUT2D eigenvalue weighted by molar-refractivity contribution is 9.10. The molecule has 0 spiro atoms. The summed E-state index contributed by atoms with van der Waals surface area (Å²) in [6.45, 7) is 2.20. The minimum atomic E-state index is 0.929. The Labute approximate surface area is 92.3 Å². The van der Waals surface area contributed by atoms with Crippen LogP contribution in [0.1, 0.15) is 18.9 Å². The van der Waals surface area contributed by atoms with Crippen molar-refractivity contribution < 1.29 is 0 Å². The fourth-order valence-electron chi connectivity index (χ4n) is 1.63. The number of fused-ring (bicyclic) bond motifs is 1. The largest absolute Gasteiger partial charge is 0.249 e. The zero-order valence-corrected chi connectivity index (χ0v) is 9.71. The molecule has 14 heavy (non-hydrogen) atoms. The van der Waals surface area contributed by atoms with Crippen molar-refractivity contribution in [1.82, 2.24) is 4.98 Å². The van der Waals surface area contributed by atoms with Gasteiger partial charge in [0.15, 0.2) is 0 Å². The van der Waals surface area contributed by atoms with Crippen LogP contribution in [-0.2, 0) is 6.42 Å². The number of nitrogens with zero attached hydrogens (tertiary/aromatic N) is 1. The van der Waals surface area contributed by atoms with Crippen LogP contribution in [-0.4, -0.2) is 4.98 Å². The molecule has 2 rings (SSSR count). The lowest BCUT2D eigenvalue weighted by Crippen LogP contribution is -1.84. The smallest absolute Gasteiger partial charge is 0.113 e. The molecule has 0 radical (unpaired) electrons. The number of pyridine rings is 1. The van der Waals surface area contributed by atoms with Gasteiger partial charge in [0, 0.05) is 11.6 Å². The van der Waals surface area contributed by atoms with Gasteiger partial charge < -0.3 is 0 Å². The van der Waals surface area contributed by atoms with Crippen molar-refractivity contribution in [2.24, 2.45) is 0 Å². The van der Waals surface area contributed by atoms with Gasteiger partial charge in [0.1, 0.15) is 4.60 Å². The molecule has 2 aromatic rings. The van der Waals surface area contributed by atoms with Gasteiger partial charge in [-0.3, -0.25) is 0 Å². The Morgan fingerprint density at radius 1 is 1.29 bits per heavy atom. The maximum Gasteiger partial charge on any atom is 0.113 e. The van der Waals surface area contributed by atoms with Gasteiger partial charge in [-0.05, 0) is 39.4 Å². The van der Waals surface area contributed by atoms with E-state index in [1.165, 1.54) is 22.8 Å². The van der Waals surface area contributed by atoms with Gasteiger partial charge in [-0.25, -0.2) is 4.98 Å². The van der Waals surface area contributed by atoms with Gasteiger partial charge >= 0.3 is 0 Å². The van der Waals surface area contributed by atoms with E-state index in [0.29, 0.717) is 0 Å². The molecule has 72 valence electrons. The first kappa shape index (κ1) is 9.66. The van der Waals surface area contributed by atoms with Crippen LogP contribution >= 0.6 is 15.9 Å². The lowest BCUT2D eigenvalue weighted by molar-refractivity contribution is 0.923. The number of aryl methyl sites for hydroxylation is 1. The molecule has 0 bridgehead atoms. The number of hydrogen-bond donors (Lipinski definition) is 0. The second kappa shape index (κ2) is 4.09. The average molecular weight is 250 g/mol. The van der Waals surface area contributed by atoms with Crippen LogP contribution in [0.4, 0.5) is 0 Å². The van der Waals surface area contributed by atoms with E-state index in [-0.39, 0.29) is 0 Å². The molecule has 0 fully saturated rings. The highest BCUT2D eigenvalue weighted by Gasteiger charge is 1.99. The van der Waals surface area contributed by atoms with Gasteiger partial charge in [0.25, 0.3) is 0 Å². The summed E-state index contributed by atoms with van der Waals surface area (Å²) >= 11 is 3.45. The maximum absolute atomic E-state index is 4.20. The molecule has 0 aliphatic rings. The summed E-state index contributed by atoms with van der Waals surface area (Å²) in [5, 5.41) is 2.45. The Kier molecular flexibility index (Phi) is 2.82. The molecule has 1 aromatic heterocycles. The molecule has 1 nitrogen and oxygen atoms in total. The summed E-state index contributed by atoms with van der Waals surface area (Å²) < 4.78 is 0.929. The van der Waals surface area contributed by atoms with Crippen molar-refractivity contribution in [3.63, 3.8) is 0 Å². The predicted molar refractivity (Wildman–Crippen MR) is 63.4 cm³/mol. The van der Waals surface area contributed by atoms with Gasteiger partial charge in [0.2, 0.25) is 0 Å². The number of aromatic nitrogens is 1. The average Bonchev–Trinajstić information content (AvgIpc) is 2.18. The minimum absolute atomic E-state index is 0.929. The van der Waals surface area contributed by atoms with E-state index in [1.807, 2.05) is 6.20 Å². The van der Waals surface area contributed by atoms with E-state index in [4.69, 9.17) is 0 Å². The molecule has 2 heteroatoms. The quantitative estimate of drug-likeness (QED) is 0.735. The van der Waals surface area contributed by atoms with Crippen molar-refractivity contribution in [2.45, 2.75) is 19.8 Å². The molecule has 0 amide bonds. The number of halogens is 1. The maximum atomic E-state index is 4.20. The fraction of sp³-hybridized carbons (Fsp3) is 0.250. The normalized spacial score (nSPS) is 10.7. The van der Waals surface area contributed by atoms with Crippen LogP contribution in [0.15, 0.2) is 35.1 Å². The Bertz CT molecular complexity index is 451. The summed E-state index contributed by atoms with van der Waals surface area (Å²) in [4.78, 5) is 4.20. The second-order valence-electron chi connectivity index (χ2n) is 3.41. The Balaban J connectivity index is 2.56. The Morgan fingerprint density at radius 2 is 2.14 bits per heavy atom. The van der Waals surface area contributed by atoms with E-state index in [2.05, 4.69) is 52.1 Å². The number of rotatable bonds is 2. The molecule has 0 aliphatic carbocycles. The van der Waals surface area contributed by atoms with Gasteiger partial charge in [-0.15, -0.1) is 0 Å². The summed E-state index contributed by atoms with van der Waals surface area (Å²) in [6, 6.07) is 8.61. The van der Waals surface area contributed by atoms with Crippen molar-refractivity contribution in [2.75, 3.05) is 0 Å². The van der Waals surface area contributed by atoms with Crippen molar-refractivity contribution >= 4 is 26.7 Å². The Hall–Kier alpha value is -0.890. The van der Waals surface area contributed by atoms with E-state index in [9.17, 15) is 0 Å². The molecule has 1 aromatic carbocycles. The zero-order chi connectivity index (χ0) is 9.97. The molecule has 0 aliphatic heterocycles. The lowest BCUT2D eigenvalue weighted by atomic mass is 10.1. The standard InChI is InChI=1S/C12H12BrN/c1-2-3-9-4-5-11-10(8-9)6-7-14-12(11)13/h4-8H,2-3H2,1H3. The first-order chi connectivity index (χ1) is 6.81. The topological polar surface area (TPSA) is 12.9 Å². The van der Waals surface area contributed by atoms with E-state index in [1.54, 1.807) is 0 Å². The third-order valence-electron chi connectivity index (χ3n) is 2.32. The molecule has 0 unspecified atom stereocenters. The van der Waals surface area contributed by atoms with Crippen LogP contribution in [0.2, 0.25) is 0 Å². The highest BCUT2D eigenvalue weighted by Crippen LogP contribution is 2.22. The van der Waals surface area contributed by atoms with Crippen LogP contribution in [0.25, 0.3) is 10.8 Å². The van der Waals surface area contributed by atoms with E-state index in [0.717, 1.165) is 11.0 Å². The lowest BCUT2D eigenvalue weighted by Gasteiger charge is -2.02. The first-order valence-electron chi connectivity index (χ1n) is 4.84. The third-order valence-corrected chi connectivity index (χ3v) is 2.95. The molecule has 1 heterocycles. The molecular weight excluding hydrogens is 238 g/mol. The zero-order valence-electron chi connectivity index (χ0n) is 8.13. The molecule has 0 N–H and O–H groups in total. The van der Waals surface area contributed by atoms with Crippen molar-refractivity contribution in [3.8, 4) is 0 Å². The van der Waals surface area contributed by atoms with Gasteiger partial charge in [-0.2, -0.15) is 0 Å². The minimum Gasteiger partial charge on any atom is -0.249 e. The monoisotopic (exact) mass is 249 g/mol. The summed E-state index contributed by atoms with van der Waals surface area (Å²) in [6.07, 6.45) is 4.18. The second-order valence-corrected chi connectivity index (χ2v) is 4.16. The number of benzene rings is 1. The van der Waals surface area contributed by atoms with Gasteiger partial charge in [0.05, 0.1) is 0 Å².